The molecule has 5 rings (SSSR count). The van der Waals surface area contributed by atoms with Gasteiger partial charge in [-0.05, 0) is 35.0 Å². The van der Waals surface area contributed by atoms with E-state index in [0.717, 1.165) is 11.4 Å². The Morgan fingerprint density at radius 3 is 1.62 bits per heavy atom. The molecule has 114 valence electrons. The molecule has 2 heterocycles. The molecule has 0 bridgehead atoms. The number of aromatic nitrogens is 4. The molecule has 0 saturated carbocycles. The molecule has 4 heteroatoms. The lowest BCUT2D eigenvalue weighted by Gasteiger charge is -2.12. The third-order valence-corrected chi connectivity index (χ3v) is 4.40. The standard InChI is InChI=1S/C20H14N4/c1-3-15-11-16-4-2-6-20(24-10-8-22-14-24)18(16)12-17(15)19(5-1)23-9-7-21-13-23/h1-14H. The SMILES string of the molecule is c1cc(-n2ccnc2)c2cc3c(-n4ccnc4)cccc3cc2c1. The van der Waals surface area contributed by atoms with Gasteiger partial charge in [0.25, 0.3) is 0 Å². The van der Waals surface area contributed by atoms with Crippen LogP contribution in [0.5, 0.6) is 0 Å². The number of rotatable bonds is 2. The Bertz CT molecular complexity index is 1050. The first-order valence-corrected chi connectivity index (χ1v) is 7.82. The number of imidazole rings is 2. The van der Waals surface area contributed by atoms with E-state index in [9.17, 15) is 0 Å². The van der Waals surface area contributed by atoms with Gasteiger partial charge in [-0.25, -0.2) is 9.97 Å². The highest BCUT2D eigenvalue weighted by Crippen LogP contribution is 2.30. The summed E-state index contributed by atoms with van der Waals surface area (Å²) < 4.78 is 4.10. The van der Waals surface area contributed by atoms with E-state index < -0.39 is 0 Å². The molecule has 4 nitrogen and oxygen atoms in total. The Balaban J connectivity index is 1.88. The smallest absolute Gasteiger partial charge is 0.0991 e. The predicted octanol–water partition coefficient (Wildman–Crippen LogP) is 4.36. The molecule has 0 aliphatic carbocycles. The summed E-state index contributed by atoms with van der Waals surface area (Å²) in [5, 5.41) is 4.85. The second-order valence-electron chi connectivity index (χ2n) is 5.79. The number of hydrogen-bond donors (Lipinski definition) is 0. The molecule has 0 amide bonds. The van der Waals surface area contributed by atoms with E-state index in [2.05, 4.69) is 58.5 Å². The molecule has 5 aromatic rings. The molecular formula is C20H14N4. The number of fused-ring (bicyclic) bond motifs is 2. The second kappa shape index (κ2) is 5.06. The second-order valence-corrected chi connectivity index (χ2v) is 5.79. The van der Waals surface area contributed by atoms with Crippen molar-refractivity contribution in [1.29, 1.82) is 0 Å². The van der Waals surface area contributed by atoms with Crippen molar-refractivity contribution in [2.24, 2.45) is 0 Å². The van der Waals surface area contributed by atoms with Crippen molar-refractivity contribution >= 4 is 21.5 Å². The van der Waals surface area contributed by atoms with Crippen LogP contribution >= 0.6 is 0 Å². The largest absolute Gasteiger partial charge is 0.306 e. The third kappa shape index (κ3) is 1.93. The van der Waals surface area contributed by atoms with Gasteiger partial charge in [-0.2, -0.15) is 0 Å². The van der Waals surface area contributed by atoms with Crippen molar-refractivity contribution in [3.05, 3.63) is 86.0 Å². The van der Waals surface area contributed by atoms with Gasteiger partial charge >= 0.3 is 0 Å². The fraction of sp³-hybridized carbons (Fsp3) is 0. The molecule has 0 aliphatic rings. The van der Waals surface area contributed by atoms with Crippen molar-refractivity contribution < 1.29 is 0 Å². The van der Waals surface area contributed by atoms with E-state index in [-0.39, 0.29) is 0 Å². The summed E-state index contributed by atoms with van der Waals surface area (Å²) in [7, 11) is 0. The first-order chi connectivity index (χ1) is 11.9. The van der Waals surface area contributed by atoms with Crippen molar-refractivity contribution in [2.75, 3.05) is 0 Å². The minimum absolute atomic E-state index is 1.13. The van der Waals surface area contributed by atoms with E-state index in [0.29, 0.717) is 0 Å². The van der Waals surface area contributed by atoms with Crippen LogP contribution in [0.1, 0.15) is 0 Å². The van der Waals surface area contributed by atoms with Crippen LogP contribution in [0, 0.1) is 0 Å². The summed E-state index contributed by atoms with van der Waals surface area (Å²) in [4.78, 5) is 8.35. The highest BCUT2D eigenvalue weighted by Gasteiger charge is 2.08. The molecule has 0 saturated heterocycles. The van der Waals surface area contributed by atoms with Crippen molar-refractivity contribution in [1.82, 2.24) is 19.1 Å². The van der Waals surface area contributed by atoms with Gasteiger partial charge in [0.15, 0.2) is 0 Å². The minimum Gasteiger partial charge on any atom is -0.306 e. The Kier molecular flexibility index (Phi) is 2.76. The fourth-order valence-corrected chi connectivity index (χ4v) is 3.27. The molecule has 0 spiro atoms. The van der Waals surface area contributed by atoms with E-state index in [4.69, 9.17) is 0 Å². The van der Waals surface area contributed by atoms with E-state index in [1.807, 2.05) is 34.2 Å². The molecular weight excluding hydrogens is 296 g/mol. The fourth-order valence-electron chi connectivity index (χ4n) is 3.27. The van der Waals surface area contributed by atoms with Gasteiger partial charge in [0.1, 0.15) is 0 Å². The Hall–Kier alpha value is -3.40. The zero-order valence-electron chi connectivity index (χ0n) is 12.9. The number of nitrogens with zero attached hydrogens (tertiary/aromatic N) is 4. The van der Waals surface area contributed by atoms with Gasteiger partial charge < -0.3 is 9.13 Å². The number of benzene rings is 3. The zero-order chi connectivity index (χ0) is 15.9. The van der Waals surface area contributed by atoms with Crippen LogP contribution < -0.4 is 0 Å². The maximum absolute atomic E-state index is 4.18. The monoisotopic (exact) mass is 310 g/mol. The molecule has 3 aromatic carbocycles. The van der Waals surface area contributed by atoms with Gasteiger partial charge in [-0.15, -0.1) is 0 Å². The summed E-state index contributed by atoms with van der Waals surface area (Å²) >= 11 is 0. The topological polar surface area (TPSA) is 35.6 Å². The summed E-state index contributed by atoms with van der Waals surface area (Å²) in [6, 6.07) is 17.2. The maximum atomic E-state index is 4.18. The van der Waals surface area contributed by atoms with Gasteiger partial charge in [-0.3, -0.25) is 0 Å². The highest BCUT2D eigenvalue weighted by molar-refractivity contribution is 6.04. The summed E-state index contributed by atoms with van der Waals surface area (Å²) in [5.41, 5.74) is 2.26. The van der Waals surface area contributed by atoms with Crippen molar-refractivity contribution in [3.63, 3.8) is 0 Å². The van der Waals surface area contributed by atoms with Crippen molar-refractivity contribution in [3.8, 4) is 11.4 Å². The zero-order valence-corrected chi connectivity index (χ0v) is 12.9. The van der Waals surface area contributed by atoms with Gasteiger partial charge in [0, 0.05) is 35.6 Å². The molecule has 0 aliphatic heterocycles. The Morgan fingerprint density at radius 1 is 0.625 bits per heavy atom. The van der Waals surface area contributed by atoms with Crippen LogP contribution in [0.4, 0.5) is 0 Å². The molecule has 0 radical (unpaired) electrons. The summed E-state index contributed by atoms with van der Waals surface area (Å²) in [6.45, 7) is 0. The van der Waals surface area contributed by atoms with Crippen LogP contribution in [0.15, 0.2) is 86.0 Å². The average molecular weight is 310 g/mol. The lowest BCUT2D eigenvalue weighted by atomic mass is 10.0. The molecule has 24 heavy (non-hydrogen) atoms. The molecule has 0 atom stereocenters. The normalized spacial score (nSPS) is 11.3. The van der Waals surface area contributed by atoms with E-state index in [1.165, 1.54) is 21.5 Å². The summed E-state index contributed by atoms with van der Waals surface area (Å²) in [5.74, 6) is 0. The first-order valence-electron chi connectivity index (χ1n) is 7.82. The molecule has 0 N–H and O–H groups in total. The van der Waals surface area contributed by atoms with E-state index in [1.54, 1.807) is 12.4 Å². The van der Waals surface area contributed by atoms with Crippen LogP contribution in [-0.2, 0) is 0 Å². The summed E-state index contributed by atoms with van der Waals surface area (Å²) in [6.07, 6.45) is 11.2. The Labute approximate surface area is 138 Å². The van der Waals surface area contributed by atoms with Crippen LogP contribution in [0.3, 0.4) is 0 Å². The molecule has 0 fully saturated rings. The van der Waals surface area contributed by atoms with Crippen LogP contribution in [0.25, 0.3) is 32.9 Å². The lowest BCUT2D eigenvalue weighted by molar-refractivity contribution is 1.07. The van der Waals surface area contributed by atoms with Gasteiger partial charge in [0.05, 0.1) is 24.0 Å². The van der Waals surface area contributed by atoms with Gasteiger partial charge in [-0.1, -0.05) is 24.3 Å². The molecule has 0 unspecified atom stereocenters. The van der Waals surface area contributed by atoms with Gasteiger partial charge in [0.2, 0.25) is 0 Å². The molecule has 2 aromatic heterocycles. The highest BCUT2D eigenvalue weighted by atomic mass is 15.0. The van der Waals surface area contributed by atoms with Crippen LogP contribution in [0.2, 0.25) is 0 Å². The minimum atomic E-state index is 1.13. The quantitative estimate of drug-likeness (QED) is 0.454. The van der Waals surface area contributed by atoms with E-state index >= 15 is 0 Å². The third-order valence-electron chi connectivity index (χ3n) is 4.40. The predicted molar refractivity (Wildman–Crippen MR) is 95.7 cm³/mol. The number of hydrogen-bond acceptors (Lipinski definition) is 2. The van der Waals surface area contributed by atoms with Crippen molar-refractivity contribution in [2.45, 2.75) is 0 Å². The Morgan fingerprint density at radius 2 is 1.17 bits per heavy atom. The maximum Gasteiger partial charge on any atom is 0.0991 e. The lowest BCUT2D eigenvalue weighted by Crippen LogP contribution is -1.94. The first kappa shape index (κ1) is 13.1. The average Bonchev–Trinajstić information content (AvgIpc) is 3.32. The van der Waals surface area contributed by atoms with Crippen LogP contribution in [-0.4, -0.2) is 19.1 Å².